The topological polar surface area (TPSA) is 72.9 Å². The fourth-order valence-corrected chi connectivity index (χ4v) is 6.77. The van der Waals surface area contributed by atoms with Crippen molar-refractivity contribution in [1.82, 2.24) is 15.2 Å². The summed E-state index contributed by atoms with van der Waals surface area (Å²) in [7, 11) is 1.70. The summed E-state index contributed by atoms with van der Waals surface area (Å²) < 4.78 is 17.0. The molecule has 1 saturated carbocycles. The molecular weight excluding hydrogens is 621 g/mol. The lowest BCUT2D eigenvalue weighted by molar-refractivity contribution is -0.140. The zero-order valence-corrected chi connectivity index (χ0v) is 27.6. The van der Waals surface area contributed by atoms with Gasteiger partial charge >= 0.3 is 0 Å². The molecule has 10 heteroatoms. The van der Waals surface area contributed by atoms with Crippen molar-refractivity contribution in [3.8, 4) is 11.5 Å². The molecule has 2 aliphatic rings. The van der Waals surface area contributed by atoms with E-state index in [1.807, 2.05) is 37.3 Å². The molecule has 0 bridgehead atoms. The summed E-state index contributed by atoms with van der Waals surface area (Å²) in [6.07, 6.45) is 7.05. The first-order valence-electron chi connectivity index (χ1n) is 15.3. The van der Waals surface area contributed by atoms with Gasteiger partial charge < -0.3 is 24.4 Å². The molecule has 3 aromatic rings. The van der Waals surface area contributed by atoms with Crippen LogP contribution in [-0.2, 0) is 28.0 Å². The Morgan fingerprint density at radius 3 is 2.41 bits per heavy atom. The minimum absolute atomic E-state index is 0.0545. The zero-order valence-electron chi connectivity index (χ0n) is 25.3. The van der Waals surface area contributed by atoms with E-state index in [1.165, 1.54) is 0 Å². The van der Waals surface area contributed by atoms with Crippen molar-refractivity contribution in [3.63, 3.8) is 0 Å². The van der Waals surface area contributed by atoms with Gasteiger partial charge in [0.2, 0.25) is 5.91 Å². The number of aryl methyl sites for hydroxylation is 2. The fourth-order valence-electron chi connectivity index (χ4n) is 5.90. The van der Waals surface area contributed by atoms with E-state index in [1.54, 1.807) is 13.3 Å². The smallest absolute Gasteiger partial charge is 0.227 e. The highest BCUT2D eigenvalue weighted by molar-refractivity contribution is 6.37. The molecule has 2 aromatic carbocycles. The molecule has 1 aliphatic heterocycles. The molecule has 1 aliphatic carbocycles. The van der Waals surface area contributed by atoms with Gasteiger partial charge in [-0.3, -0.25) is 9.78 Å². The van der Waals surface area contributed by atoms with Crippen LogP contribution in [-0.4, -0.2) is 55.8 Å². The summed E-state index contributed by atoms with van der Waals surface area (Å²) in [5.41, 5.74) is 3.57. The molecule has 236 valence electrons. The molecule has 0 unspecified atom stereocenters. The predicted molar refractivity (Wildman–Crippen MR) is 175 cm³/mol. The molecule has 2 heterocycles. The Kier molecular flexibility index (Phi) is 11.3. The quantitative estimate of drug-likeness (QED) is 0.182. The van der Waals surface area contributed by atoms with Crippen molar-refractivity contribution in [2.45, 2.75) is 57.5 Å². The minimum atomic E-state index is -0.377. The first-order valence-corrected chi connectivity index (χ1v) is 16.4. The Morgan fingerprint density at radius 2 is 1.75 bits per heavy atom. The maximum absolute atomic E-state index is 14.1. The summed E-state index contributed by atoms with van der Waals surface area (Å²) in [5, 5.41) is 4.95. The van der Waals surface area contributed by atoms with Crippen molar-refractivity contribution < 1.29 is 19.0 Å². The highest BCUT2D eigenvalue weighted by atomic mass is 35.5. The highest BCUT2D eigenvalue weighted by Crippen LogP contribution is 2.52. The van der Waals surface area contributed by atoms with Gasteiger partial charge in [0.15, 0.2) is 5.75 Å². The summed E-state index contributed by atoms with van der Waals surface area (Å²) in [6.45, 7) is 5.32. The third-order valence-electron chi connectivity index (χ3n) is 8.39. The molecule has 5 rings (SSSR count). The van der Waals surface area contributed by atoms with E-state index in [2.05, 4.69) is 27.3 Å². The van der Waals surface area contributed by atoms with E-state index in [0.29, 0.717) is 53.7 Å². The number of hydrogen-bond donors (Lipinski definition) is 1. The number of pyridine rings is 1. The van der Waals surface area contributed by atoms with Crippen LogP contribution in [0.15, 0.2) is 48.7 Å². The molecule has 44 heavy (non-hydrogen) atoms. The van der Waals surface area contributed by atoms with Crippen molar-refractivity contribution >= 4 is 40.7 Å². The first-order chi connectivity index (χ1) is 21.3. The Hall–Kier alpha value is -2.55. The molecular formula is C34H40Cl3N3O4. The van der Waals surface area contributed by atoms with Gasteiger partial charge in [0.1, 0.15) is 19.0 Å². The fraction of sp³-hybridized carbons (Fsp3) is 0.471. The molecule has 1 N–H and O–H groups in total. The van der Waals surface area contributed by atoms with Gasteiger partial charge in [0.25, 0.3) is 0 Å². The number of carbonyl (C=O) groups is 1. The van der Waals surface area contributed by atoms with Crippen molar-refractivity contribution in [1.29, 1.82) is 0 Å². The van der Waals surface area contributed by atoms with Gasteiger partial charge in [-0.1, -0.05) is 46.9 Å². The number of hydrogen-bond acceptors (Lipinski definition) is 6. The summed E-state index contributed by atoms with van der Waals surface area (Å²) in [5.74, 6) is 1.31. The molecule has 1 saturated heterocycles. The van der Waals surface area contributed by atoms with Crippen LogP contribution in [0.25, 0.3) is 0 Å². The molecule has 1 aromatic heterocycles. The maximum Gasteiger partial charge on any atom is 0.227 e. The van der Waals surface area contributed by atoms with Gasteiger partial charge in [-0.25, -0.2) is 0 Å². The number of ether oxygens (including phenoxy) is 3. The third kappa shape index (κ3) is 7.99. The number of halogens is 3. The van der Waals surface area contributed by atoms with E-state index >= 15 is 0 Å². The standard InChI is InChI=1S/C34H40Cl3N3O4/c1-23-17-29(35)32(30(36)18-23)44-16-15-43-28-9-7-26(8-10-28)34(11-12-34)40(33(41)24-5-3-13-38-20-24)22-25-19-27(6-4-14-42-2)39-21-31(25)37/h7-10,17-19,21,24,38H,3-6,11-16,20,22H2,1-2H3/t24-/m1/s1. The second-order valence-electron chi connectivity index (χ2n) is 11.6. The van der Waals surface area contributed by atoms with Crippen molar-refractivity contribution in [3.05, 3.63) is 86.1 Å². The number of piperidine rings is 1. The Labute approximate surface area is 275 Å². The van der Waals surface area contributed by atoms with E-state index in [-0.39, 0.29) is 17.4 Å². The molecule has 0 spiro atoms. The van der Waals surface area contributed by atoms with E-state index in [9.17, 15) is 4.79 Å². The van der Waals surface area contributed by atoms with Gasteiger partial charge in [-0.2, -0.15) is 0 Å². The van der Waals surface area contributed by atoms with Gasteiger partial charge in [-0.15, -0.1) is 0 Å². The first kappa shape index (κ1) is 32.8. The number of methoxy groups -OCH3 is 1. The third-order valence-corrected chi connectivity index (χ3v) is 9.29. The molecule has 2 fully saturated rings. The van der Waals surface area contributed by atoms with Crippen LogP contribution < -0.4 is 14.8 Å². The van der Waals surface area contributed by atoms with Gasteiger partial charge in [-0.05, 0) is 99.0 Å². The lowest BCUT2D eigenvalue weighted by Crippen LogP contribution is -2.47. The number of amides is 1. The average molecular weight is 661 g/mol. The molecule has 1 atom stereocenters. The monoisotopic (exact) mass is 659 g/mol. The van der Waals surface area contributed by atoms with E-state index in [0.717, 1.165) is 73.2 Å². The van der Waals surface area contributed by atoms with Gasteiger partial charge in [0, 0.05) is 38.7 Å². The largest absolute Gasteiger partial charge is 0.490 e. The summed E-state index contributed by atoms with van der Waals surface area (Å²) in [4.78, 5) is 20.7. The zero-order chi connectivity index (χ0) is 31.1. The Morgan fingerprint density at radius 1 is 1.02 bits per heavy atom. The van der Waals surface area contributed by atoms with Crippen LogP contribution >= 0.6 is 34.8 Å². The average Bonchev–Trinajstić information content (AvgIpc) is 3.83. The lowest BCUT2D eigenvalue weighted by Gasteiger charge is -2.37. The minimum Gasteiger partial charge on any atom is -0.490 e. The van der Waals surface area contributed by atoms with E-state index in [4.69, 9.17) is 49.0 Å². The van der Waals surface area contributed by atoms with Crippen LogP contribution in [0, 0.1) is 12.8 Å². The summed E-state index contributed by atoms with van der Waals surface area (Å²) >= 11 is 19.3. The maximum atomic E-state index is 14.1. The van der Waals surface area contributed by atoms with Crippen molar-refractivity contribution in [2.24, 2.45) is 5.92 Å². The number of rotatable bonds is 14. The normalized spacial score (nSPS) is 17.2. The Bertz CT molecular complexity index is 1400. The SMILES string of the molecule is COCCCc1cc(CN(C(=O)[C@@H]2CCCNC2)C2(c3ccc(OCCOc4c(Cl)cc(C)cc4Cl)cc3)CC2)c(Cl)cn1. The number of aromatic nitrogens is 1. The molecule has 1 amide bonds. The second-order valence-corrected chi connectivity index (χ2v) is 12.9. The summed E-state index contributed by atoms with van der Waals surface area (Å²) in [6, 6.07) is 13.7. The second kappa shape index (κ2) is 15.2. The lowest BCUT2D eigenvalue weighted by atomic mass is 9.94. The van der Waals surface area contributed by atoms with Crippen LogP contribution in [0.4, 0.5) is 0 Å². The van der Waals surface area contributed by atoms with Crippen LogP contribution in [0.3, 0.4) is 0 Å². The van der Waals surface area contributed by atoms with Crippen LogP contribution in [0.2, 0.25) is 15.1 Å². The Balaban J connectivity index is 1.29. The predicted octanol–water partition coefficient (Wildman–Crippen LogP) is 7.40. The van der Waals surface area contributed by atoms with Crippen LogP contribution in [0.5, 0.6) is 11.5 Å². The molecule has 7 nitrogen and oxygen atoms in total. The number of nitrogens with one attached hydrogen (secondary N) is 1. The van der Waals surface area contributed by atoms with Gasteiger partial charge in [0.05, 0.1) is 26.5 Å². The number of carbonyl (C=O) groups excluding carboxylic acids is 1. The molecule has 0 radical (unpaired) electrons. The number of nitrogens with zero attached hydrogens (tertiary/aromatic N) is 2. The van der Waals surface area contributed by atoms with E-state index < -0.39 is 0 Å². The van der Waals surface area contributed by atoms with Crippen LogP contribution in [0.1, 0.15) is 54.5 Å². The van der Waals surface area contributed by atoms with Crippen molar-refractivity contribution in [2.75, 3.05) is 40.0 Å². The highest BCUT2D eigenvalue weighted by Gasteiger charge is 2.52. The number of benzene rings is 2.